The first-order valence-electron chi connectivity index (χ1n) is 8.20. The van der Waals surface area contributed by atoms with E-state index in [1.165, 1.54) is 5.56 Å². The number of benzene rings is 1. The third-order valence-corrected chi connectivity index (χ3v) is 3.88. The van der Waals surface area contributed by atoms with Crippen LogP contribution in [0.1, 0.15) is 11.1 Å². The maximum Gasteiger partial charge on any atom is 0.217 e. The minimum atomic E-state index is -4.41. The van der Waals surface area contributed by atoms with Crippen LogP contribution in [0.3, 0.4) is 0 Å². The highest BCUT2D eigenvalue weighted by Crippen LogP contribution is 2.15. The second-order valence-corrected chi connectivity index (χ2v) is 6.64. The second-order valence-electron chi connectivity index (χ2n) is 5.49. The standard InChI is InChI=1S/C18H22NO3.CH4O4S/c1-19-12-10-16(11-13-19)5-4-15-6-8-17(9-7-15)22-14-18(20-2)21-3;1-5-6(2,3)4/h4-13,18H,14H2,1-3H3;1H3,(H,2,3,4)/q+1;/p-1. The van der Waals surface area contributed by atoms with Crippen LogP contribution < -0.4 is 9.30 Å². The fourth-order valence-corrected chi connectivity index (χ4v) is 1.89. The Labute approximate surface area is 165 Å². The van der Waals surface area contributed by atoms with E-state index in [2.05, 4.69) is 28.5 Å². The van der Waals surface area contributed by atoms with Crippen molar-refractivity contribution in [1.82, 2.24) is 0 Å². The predicted octanol–water partition coefficient (Wildman–Crippen LogP) is 1.77. The third kappa shape index (κ3) is 10.1. The summed E-state index contributed by atoms with van der Waals surface area (Å²) < 4.78 is 48.8. The van der Waals surface area contributed by atoms with Crippen molar-refractivity contribution in [2.75, 3.05) is 27.9 Å². The first-order chi connectivity index (χ1) is 13.3. The number of aromatic nitrogens is 1. The Hall–Kier alpha value is -2.30. The van der Waals surface area contributed by atoms with Crippen LogP contribution in [0.4, 0.5) is 0 Å². The molecule has 0 N–H and O–H groups in total. The molecule has 0 bridgehead atoms. The zero-order valence-corrected chi connectivity index (χ0v) is 17.1. The fraction of sp³-hybridized carbons (Fsp3) is 0.316. The molecular formula is C19H25NO7S. The van der Waals surface area contributed by atoms with E-state index in [-0.39, 0.29) is 6.29 Å². The molecule has 0 spiro atoms. The lowest BCUT2D eigenvalue weighted by atomic mass is 10.1. The predicted molar refractivity (Wildman–Crippen MR) is 103 cm³/mol. The average Bonchev–Trinajstić information content (AvgIpc) is 2.69. The Kier molecular flexibility index (Phi) is 10.4. The molecule has 0 aliphatic heterocycles. The number of hydrogen-bond donors (Lipinski definition) is 0. The molecule has 154 valence electrons. The van der Waals surface area contributed by atoms with Crippen LogP contribution in [0.15, 0.2) is 48.8 Å². The van der Waals surface area contributed by atoms with Crippen molar-refractivity contribution in [3.8, 4) is 5.75 Å². The lowest BCUT2D eigenvalue weighted by Gasteiger charge is -2.14. The smallest absolute Gasteiger partial charge is 0.217 e. The van der Waals surface area contributed by atoms with E-state index >= 15 is 0 Å². The number of methoxy groups -OCH3 is 2. The molecule has 2 aromatic rings. The van der Waals surface area contributed by atoms with E-state index in [4.69, 9.17) is 14.2 Å². The molecule has 0 amide bonds. The van der Waals surface area contributed by atoms with Gasteiger partial charge in [-0.3, -0.25) is 4.18 Å². The van der Waals surface area contributed by atoms with Gasteiger partial charge in [0.25, 0.3) is 0 Å². The van der Waals surface area contributed by atoms with Crippen LogP contribution in [0.5, 0.6) is 5.75 Å². The zero-order valence-electron chi connectivity index (χ0n) is 16.3. The van der Waals surface area contributed by atoms with Crippen LogP contribution in [0.2, 0.25) is 0 Å². The van der Waals surface area contributed by atoms with Crippen molar-refractivity contribution in [2.24, 2.45) is 7.05 Å². The number of aryl methyl sites for hydroxylation is 1. The molecule has 1 aromatic heterocycles. The van der Waals surface area contributed by atoms with E-state index in [1.54, 1.807) is 14.2 Å². The molecule has 28 heavy (non-hydrogen) atoms. The number of pyridine rings is 1. The van der Waals surface area contributed by atoms with Crippen molar-refractivity contribution in [2.45, 2.75) is 6.29 Å². The monoisotopic (exact) mass is 411 g/mol. The Balaban J connectivity index is 0.000000568. The van der Waals surface area contributed by atoms with Gasteiger partial charge < -0.3 is 18.8 Å². The first kappa shape index (κ1) is 23.7. The summed E-state index contributed by atoms with van der Waals surface area (Å²) in [4.78, 5) is 0. The van der Waals surface area contributed by atoms with Gasteiger partial charge in [-0.1, -0.05) is 24.3 Å². The van der Waals surface area contributed by atoms with Crippen LogP contribution in [-0.2, 0) is 31.1 Å². The minimum absolute atomic E-state index is 0.348. The lowest BCUT2D eigenvalue weighted by molar-refractivity contribution is -0.671. The second kappa shape index (κ2) is 12.2. The van der Waals surface area contributed by atoms with Gasteiger partial charge in [0, 0.05) is 26.4 Å². The summed E-state index contributed by atoms with van der Waals surface area (Å²) >= 11 is 0. The van der Waals surface area contributed by atoms with Gasteiger partial charge in [0.05, 0.1) is 7.11 Å². The van der Waals surface area contributed by atoms with Gasteiger partial charge in [-0.15, -0.1) is 0 Å². The Morgan fingerprint density at radius 3 is 1.86 bits per heavy atom. The van der Waals surface area contributed by atoms with Crippen molar-refractivity contribution >= 4 is 22.6 Å². The first-order valence-corrected chi connectivity index (χ1v) is 9.54. The summed E-state index contributed by atoms with van der Waals surface area (Å²) in [7, 11) is 1.58. The van der Waals surface area contributed by atoms with Crippen molar-refractivity contribution < 1.29 is 35.9 Å². The third-order valence-electron chi connectivity index (χ3n) is 3.47. The summed E-state index contributed by atoms with van der Waals surface area (Å²) in [5.41, 5.74) is 2.29. The molecule has 0 aliphatic carbocycles. The number of hydrogen-bond acceptors (Lipinski definition) is 7. The Morgan fingerprint density at radius 1 is 0.964 bits per heavy atom. The van der Waals surface area contributed by atoms with Crippen molar-refractivity contribution in [3.63, 3.8) is 0 Å². The van der Waals surface area contributed by atoms with Crippen LogP contribution in [0.25, 0.3) is 12.2 Å². The van der Waals surface area contributed by atoms with Gasteiger partial charge in [0.2, 0.25) is 10.4 Å². The van der Waals surface area contributed by atoms with Crippen molar-refractivity contribution in [1.29, 1.82) is 0 Å². The highest BCUT2D eigenvalue weighted by molar-refractivity contribution is 7.80. The maximum atomic E-state index is 9.22. The molecule has 1 aromatic carbocycles. The highest BCUT2D eigenvalue weighted by Gasteiger charge is 2.05. The Morgan fingerprint density at radius 2 is 1.43 bits per heavy atom. The summed E-state index contributed by atoms with van der Waals surface area (Å²) in [5.74, 6) is 0.794. The van der Waals surface area contributed by atoms with Crippen LogP contribution >= 0.6 is 0 Å². The van der Waals surface area contributed by atoms with Crippen LogP contribution in [-0.4, -0.2) is 47.2 Å². The summed E-state index contributed by atoms with van der Waals surface area (Å²) in [5, 5.41) is 0. The molecule has 0 saturated heterocycles. The summed E-state index contributed by atoms with van der Waals surface area (Å²) in [6, 6.07) is 12.1. The fourth-order valence-electron chi connectivity index (χ4n) is 1.89. The average molecular weight is 411 g/mol. The molecule has 0 atom stereocenters. The molecule has 9 heteroatoms. The number of ether oxygens (including phenoxy) is 3. The molecule has 8 nitrogen and oxygen atoms in total. The SMILES string of the molecule is COC(COc1ccc(C=Cc2cc[n+](C)cc2)cc1)OC.COS(=O)(=O)[O-]. The number of nitrogens with zero attached hydrogens (tertiary/aromatic N) is 1. The normalized spacial score (nSPS) is 11.4. The molecule has 0 fully saturated rings. The summed E-state index contributed by atoms with van der Waals surface area (Å²) in [6.45, 7) is 0.364. The zero-order chi connectivity index (χ0) is 21.0. The Bertz CT molecular complexity index is 814. The molecule has 2 rings (SSSR count). The van der Waals surface area contributed by atoms with E-state index in [9.17, 15) is 13.0 Å². The molecule has 1 heterocycles. The highest BCUT2D eigenvalue weighted by atomic mass is 32.3. The van der Waals surface area contributed by atoms with Gasteiger partial charge in [-0.25, -0.2) is 13.0 Å². The largest absolute Gasteiger partial charge is 0.726 e. The molecule has 0 saturated carbocycles. The van der Waals surface area contributed by atoms with E-state index in [0.717, 1.165) is 18.4 Å². The molecule has 0 unspecified atom stereocenters. The topological polar surface area (TPSA) is 98.0 Å². The minimum Gasteiger partial charge on any atom is -0.726 e. The van der Waals surface area contributed by atoms with Crippen LogP contribution in [0, 0.1) is 0 Å². The molecule has 0 radical (unpaired) electrons. The van der Waals surface area contributed by atoms with Gasteiger partial charge in [0.1, 0.15) is 19.4 Å². The summed E-state index contributed by atoms with van der Waals surface area (Å²) in [6.07, 6.45) is 7.87. The van der Waals surface area contributed by atoms with Crippen molar-refractivity contribution in [3.05, 3.63) is 59.9 Å². The maximum absolute atomic E-state index is 9.22. The van der Waals surface area contributed by atoms with Gasteiger partial charge in [-0.2, -0.15) is 0 Å². The van der Waals surface area contributed by atoms with E-state index < -0.39 is 10.4 Å². The van der Waals surface area contributed by atoms with Gasteiger partial charge >= 0.3 is 0 Å². The lowest BCUT2D eigenvalue weighted by Crippen LogP contribution is -2.25. The molecular weight excluding hydrogens is 386 g/mol. The van der Waals surface area contributed by atoms with E-state index in [1.807, 2.05) is 48.3 Å². The van der Waals surface area contributed by atoms with Gasteiger partial charge in [0.15, 0.2) is 18.7 Å². The molecule has 0 aliphatic rings. The van der Waals surface area contributed by atoms with E-state index in [0.29, 0.717) is 6.61 Å². The van der Waals surface area contributed by atoms with Gasteiger partial charge in [-0.05, 0) is 23.3 Å². The quantitative estimate of drug-likeness (QED) is 0.283. The number of rotatable bonds is 8.